The summed E-state index contributed by atoms with van der Waals surface area (Å²) >= 11 is 0. The Hall–Kier alpha value is -1.59. The molecule has 2 unspecified atom stereocenters. The van der Waals surface area contributed by atoms with Crippen LogP contribution >= 0.6 is 0 Å². The molecule has 2 amide bonds. The molecule has 0 aromatic heterocycles. The fraction of sp³-hybridized carbons (Fsp3) is 0.632. The zero-order valence-corrected chi connectivity index (χ0v) is 15.1. The monoisotopic (exact) mass is 333 g/mol. The van der Waals surface area contributed by atoms with Crippen LogP contribution < -0.4 is 5.32 Å². The summed E-state index contributed by atoms with van der Waals surface area (Å²) in [6.45, 7) is 9.02. The van der Waals surface area contributed by atoms with Crippen LogP contribution in [0.2, 0.25) is 0 Å². The van der Waals surface area contributed by atoms with Crippen LogP contribution in [0.25, 0.3) is 0 Å². The van der Waals surface area contributed by atoms with Crippen molar-refractivity contribution in [2.24, 2.45) is 0 Å². The number of amides is 2. The van der Waals surface area contributed by atoms with Crippen LogP contribution in [-0.2, 0) is 0 Å². The Morgan fingerprint density at radius 1 is 1.21 bits per heavy atom. The zero-order valence-electron chi connectivity index (χ0n) is 15.1. The van der Waals surface area contributed by atoms with Crippen molar-refractivity contribution >= 4 is 6.03 Å². The lowest BCUT2D eigenvalue weighted by Gasteiger charge is -2.32. The van der Waals surface area contributed by atoms with Crippen molar-refractivity contribution < 1.29 is 9.90 Å². The number of aliphatic hydroxyl groups excluding tert-OH is 1. The Labute approximate surface area is 145 Å². The molecule has 1 saturated heterocycles. The molecule has 0 spiro atoms. The highest BCUT2D eigenvalue weighted by Crippen LogP contribution is 2.18. The first-order valence-electron chi connectivity index (χ1n) is 9.00. The molecule has 1 aliphatic heterocycles. The number of nitrogens with zero attached hydrogens (tertiary/aromatic N) is 2. The second kappa shape index (κ2) is 9.04. The van der Waals surface area contributed by atoms with Gasteiger partial charge in [-0.2, -0.15) is 0 Å². The van der Waals surface area contributed by atoms with Crippen molar-refractivity contribution in [2.45, 2.75) is 51.8 Å². The van der Waals surface area contributed by atoms with Crippen molar-refractivity contribution in [2.75, 3.05) is 26.2 Å². The molecule has 1 fully saturated rings. The van der Waals surface area contributed by atoms with E-state index in [2.05, 4.69) is 22.3 Å². The van der Waals surface area contributed by atoms with E-state index >= 15 is 0 Å². The van der Waals surface area contributed by atoms with Gasteiger partial charge in [-0.3, -0.25) is 0 Å². The normalized spacial score (nSPS) is 17.7. The van der Waals surface area contributed by atoms with Gasteiger partial charge in [0.15, 0.2) is 0 Å². The van der Waals surface area contributed by atoms with Crippen molar-refractivity contribution in [3.63, 3.8) is 0 Å². The SMILES string of the molecule is CC(O)CN(C(=O)NC(CN1CCCC1)c1ccccc1)C(C)C. The number of nitrogens with one attached hydrogen (secondary N) is 1. The van der Waals surface area contributed by atoms with E-state index in [-0.39, 0.29) is 18.1 Å². The summed E-state index contributed by atoms with van der Waals surface area (Å²) in [6.07, 6.45) is 1.93. The molecule has 2 rings (SSSR count). The van der Waals surface area contributed by atoms with E-state index in [0.717, 1.165) is 25.2 Å². The maximum Gasteiger partial charge on any atom is 0.318 e. The molecule has 0 saturated carbocycles. The number of rotatable bonds is 7. The highest BCUT2D eigenvalue weighted by atomic mass is 16.3. The van der Waals surface area contributed by atoms with Gasteiger partial charge in [-0.25, -0.2) is 4.79 Å². The molecule has 0 aliphatic carbocycles. The molecule has 134 valence electrons. The average molecular weight is 333 g/mol. The van der Waals surface area contributed by atoms with Crippen LogP contribution in [0.3, 0.4) is 0 Å². The molecule has 0 radical (unpaired) electrons. The molecular formula is C19H31N3O2. The molecule has 2 N–H and O–H groups in total. The fourth-order valence-corrected chi connectivity index (χ4v) is 3.19. The molecule has 1 aliphatic rings. The van der Waals surface area contributed by atoms with E-state index in [1.165, 1.54) is 12.8 Å². The zero-order chi connectivity index (χ0) is 17.5. The minimum Gasteiger partial charge on any atom is -0.392 e. The Bertz CT molecular complexity index is 499. The highest BCUT2D eigenvalue weighted by Gasteiger charge is 2.24. The van der Waals surface area contributed by atoms with Gasteiger partial charge in [0.05, 0.1) is 12.1 Å². The summed E-state index contributed by atoms with van der Waals surface area (Å²) in [7, 11) is 0. The molecule has 5 nitrogen and oxygen atoms in total. The van der Waals surface area contributed by atoms with E-state index in [1.807, 2.05) is 32.0 Å². The first-order valence-corrected chi connectivity index (χ1v) is 9.00. The largest absolute Gasteiger partial charge is 0.392 e. The van der Waals surface area contributed by atoms with Crippen molar-refractivity contribution in [1.82, 2.24) is 15.1 Å². The van der Waals surface area contributed by atoms with E-state index in [1.54, 1.807) is 11.8 Å². The Morgan fingerprint density at radius 2 is 1.83 bits per heavy atom. The predicted octanol–water partition coefficient (Wildman–Crippen LogP) is 2.62. The average Bonchev–Trinajstić information content (AvgIpc) is 3.05. The number of carbonyl (C=O) groups is 1. The van der Waals surface area contributed by atoms with Crippen molar-refractivity contribution in [1.29, 1.82) is 0 Å². The van der Waals surface area contributed by atoms with Gasteiger partial charge in [0.1, 0.15) is 0 Å². The first-order chi connectivity index (χ1) is 11.5. The summed E-state index contributed by atoms with van der Waals surface area (Å²) in [5.41, 5.74) is 1.12. The van der Waals surface area contributed by atoms with Gasteiger partial charge >= 0.3 is 6.03 Å². The topological polar surface area (TPSA) is 55.8 Å². The van der Waals surface area contributed by atoms with Gasteiger partial charge < -0.3 is 20.2 Å². The molecular weight excluding hydrogens is 302 g/mol. The third-order valence-electron chi connectivity index (χ3n) is 4.48. The van der Waals surface area contributed by atoms with Gasteiger partial charge in [-0.15, -0.1) is 0 Å². The molecule has 1 aromatic rings. The van der Waals surface area contributed by atoms with E-state index < -0.39 is 6.10 Å². The smallest absolute Gasteiger partial charge is 0.318 e. The Balaban J connectivity index is 2.09. The number of benzene rings is 1. The van der Waals surface area contributed by atoms with Crippen LogP contribution in [0.1, 0.15) is 45.2 Å². The first kappa shape index (κ1) is 18.7. The number of hydrogen-bond donors (Lipinski definition) is 2. The van der Waals surface area contributed by atoms with Crippen LogP contribution in [-0.4, -0.2) is 59.3 Å². The lowest BCUT2D eigenvalue weighted by atomic mass is 10.1. The second-order valence-electron chi connectivity index (χ2n) is 7.02. The number of carbonyl (C=O) groups excluding carboxylic acids is 1. The maximum absolute atomic E-state index is 12.8. The fourth-order valence-electron chi connectivity index (χ4n) is 3.19. The van der Waals surface area contributed by atoms with Crippen molar-refractivity contribution in [3.8, 4) is 0 Å². The lowest BCUT2D eigenvalue weighted by Crippen LogP contribution is -2.49. The Kier molecular flexibility index (Phi) is 7.06. The number of aliphatic hydroxyl groups is 1. The van der Waals surface area contributed by atoms with Gasteiger partial charge in [-0.05, 0) is 52.3 Å². The van der Waals surface area contributed by atoms with Crippen molar-refractivity contribution in [3.05, 3.63) is 35.9 Å². The van der Waals surface area contributed by atoms with Crippen LogP contribution in [0.4, 0.5) is 4.79 Å². The minimum atomic E-state index is -0.535. The van der Waals surface area contributed by atoms with E-state index in [4.69, 9.17) is 0 Å². The van der Waals surface area contributed by atoms with Gasteiger partial charge in [-0.1, -0.05) is 30.3 Å². The lowest BCUT2D eigenvalue weighted by molar-refractivity contribution is 0.116. The van der Waals surface area contributed by atoms with E-state index in [9.17, 15) is 9.90 Å². The second-order valence-corrected chi connectivity index (χ2v) is 7.02. The predicted molar refractivity (Wildman–Crippen MR) is 96.9 cm³/mol. The molecule has 0 bridgehead atoms. The quantitative estimate of drug-likeness (QED) is 0.806. The summed E-state index contributed by atoms with van der Waals surface area (Å²) in [5, 5.41) is 12.9. The summed E-state index contributed by atoms with van der Waals surface area (Å²) in [5.74, 6) is 0. The molecule has 5 heteroatoms. The number of urea groups is 1. The van der Waals surface area contributed by atoms with Crippen LogP contribution in [0.15, 0.2) is 30.3 Å². The van der Waals surface area contributed by atoms with Gasteiger partial charge in [0, 0.05) is 19.1 Å². The third kappa shape index (κ3) is 5.49. The maximum atomic E-state index is 12.8. The minimum absolute atomic E-state index is 0.0351. The summed E-state index contributed by atoms with van der Waals surface area (Å²) < 4.78 is 0. The Morgan fingerprint density at radius 3 is 2.38 bits per heavy atom. The molecule has 24 heavy (non-hydrogen) atoms. The molecule has 1 aromatic carbocycles. The summed E-state index contributed by atoms with van der Waals surface area (Å²) in [6, 6.07) is 10.0. The van der Waals surface area contributed by atoms with Gasteiger partial charge in [0.25, 0.3) is 0 Å². The van der Waals surface area contributed by atoms with E-state index in [0.29, 0.717) is 6.54 Å². The summed E-state index contributed by atoms with van der Waals surface area (Å²) in [4.78, 5) is 16.9. The third-order valence-corrected chi connectivity index (χ3v) is 4.48. The standard InChI is InChI=1S/C19H31N3O2/c1-15(2)22(13-16(3)23)19(24)20-18(14-21-11-7-8-12-21)17-9-5-4-6-10-17/h4-6,9-10,15-16,18,23H,7-8,11-14H2,1-3H3,(H,20,24). The van der Waals surface area contributed by atoms with Crippen LogP contribution in [0, 0.1) is 0 Å². The highest BCUT2D eigenvalue weighted by molar-refractivity contribution is 5.75. The number of likely N-dealkylation sites (tertiary alicyclic amines) is 1. The molecule has 1 heterocycles. The molecule has 2 atom stereocenters. The van der Waals surface area contributed by atoms with Crippen LogP contribution in [0.5, 0.6) is 0 Å². The van der Waals surface area contributed by atoms with Gasteiger partial charge in [0.2, 0.25) is 0 Å². The number of hydrogen-bond acceptors (Lipinski definition) is 3.